The molecule has 1 aliphatic carbocycles. The van der Waals surface area contributed by atoms with Crippen LogP contribution < -0.4 is 4.72 Å². The zero-order chi connectivity index (χ0) is 14.4. The van der Waals surface area contributed by atoms with E-state index in [9.17, 15) is 8.42 Å². The number of sulfonamides is 1. The van der Waals surface area contributed by atoms with Gasteiger partial charge in [0.2, 0.25) is 10.0 Å². The normalized spacial score (nSPS) is 16.4. The van der Waals surface area contributed by atoms with Gasteiger partial charge < -0.3 is 0 Å². The molecule has 0 saturated heterocycles. The minimum atomic E-state index is -3.22. The fourth-order valence-corrected chi connectivity index (χ4v) is 4.00. The summed E-state index contributed by atoms with van der Waals surface area (Å²) in [6.07, 6.45) is 4.66. The van der Waals surface area contributed by atoms with Crippen LogP contribution in [0.4, 0.5) is 0 Å². The van der Waals surface area contributed by atoms with Gasteiger partial charge in [0.25, 0.3) is 0 Å². The van der Waals surface area contributed by atoms with Crippen LogP contribution in [0.5, 0.6) is 0 Å². The second kappa shape index (κ2) is 7.12. The Morgan fingerprint density at radius 2 is 2.00 bits per heavy atom. The molecule has 1 fully saturated rings. The van der Waals surface area contributed by atoms with Gasteiger partial charge in [-0.15, -0.1) is 0 Å². The Balaban J connectivity index is 1.89. The third-order valence-corrected chi connectivity index (χ3v) is 5.54. The van der Waals surface area contributed by atoms with Gasteiger partial charge in [-0.05, 0) is 31.0 Å². The Labute approximate surface area is 125 Å². The molecule has 1 N–H and O–H groups in total. The second-order valence-corrected chi connectivity index (χ2v) is 7.42. The lowest BCUT2D eigenvalue weighted by atomic mass is 10.0. The van der Waals surface area contributed by atoms with Gasteiger partial charge >= 0.3 is 0 Å². The molecule has 0 spiro atoms. The highest BCUT2D eigenvalue weighted by molar-refractivity contribution is 7.90. The highest BCUT2D eigenvalue weighted by atomic mass is 35.5. The monoisotopic (exact) mass is 311 g/mol. The Morgan fingerprint density at radius 1 is 1.25 bits per heavy atom. The lowest BCUT2D eigenvalue weighted by Crippen LogP contribution is -2.35. The van der Waals surface area contributed by atoms with E-state index in [1.807, 2.05) is 12.1 Å². The molecule has 2 rings (SSSR count). The molecule has 0 unspecified atom stereocenters. The standard InChI is InChI=1S/C15H18ClNO2S/c16-14-8-4-6-13(12-14)7-5-11-17-20(18,19)15-9-2-1-3-10-15/h4,6,8,12,15,17H,1-3,9-11H2. The number of nitrogens with one attached hydrogen (secondary N) is 1. The Hall–Kier alpha value is -1.02. The van der Waals surface area contributed by atoms with Crippen molar-refractivity contribution in [1.29, 1.82) is 0 Å². The molecule has 1 saturated carbocycles. The van der Waals surface area contributed by atoms with Crippen LogP contribution in [0.2, 0.25) is 5.02 Å². The van der Waals surface area contributed by atoms with Crippen LogP contribution in [0.25, 0.3) is 0 Å². The first kappa shape index (κ1) is 15.4. The van der Waals surface area contributed by atoms with Gasteiger partial charge in [0, 0.05) is 10.6 Å². The van der Waals surface area contributed by atoms with E-state index < -0.39 is 10.0 Å². The lowest BCUT2D eigenvalue weighted by Gasteiger charge is -2.21. The first-order valence-electron chi connectivity index (χ1n) is 6.81. The van der Waals surface area contributed by atoms with E-state index in [0.29, 0.717) is 5.02 Å². The maximum atomic E-state index is 12.1. The quantitative estimate of drug-likeness (QED) is 0.872. The Morgan fingerprint density at radius 3 is 2.70 bits per heavy atom. The van der Waals surface area contributed by atoms with Crippen LogP contribution in [0.3, 0.4) is 0 Å². The largest absolute Gasteiger partial charge is 0.215 e. The number of hydrogen-bond acceptors (Lipinski definition) is 2. The Kier molecular flexibility index (Phi) is 5.47. The summed E-state index contributed by atoms with van der Waals surface area (Å²) in [6, 6.07) is 7.19. The van der Waals surface area contributed by atoms with E-state index in [2.05, 4.69) is 16.6 Å². The fraction of sp³-hybridized carbons (Fsp3) is 0.467. The van der Waals surface area contributed by atoms with Gasteiger partial charge in [0.1, 0.15) is 0 Å². The van der Waals surface area contributed by atoms with Crippen molar-refractivity contribution in [2.75, 3.05) is 6.54 Å². The van der Waals surface area contributed by atoms with Crippen LogP contribution in [0.1, 0.15) is 37.7 Å². The zero-order valence-corrected chi connectivity index (χ0v) is 12.8. The van der Waals surface area contributed by atoms with Crippen molar-refractivity contribution in [3.8, 4) is 11.8 Å². The number of hydrogen-bond donors (Lipinski definition) is 1. The summed E-state index contributed by atoms with van der Waals surface area (Å²) in [7, 11) is -3.22. The van der Waals surface area contributed by atoms with Crippen molar-refractivity contribution in [1.82, 2.24) is 4.72 Å². The van der Waals surface area contributed by atoms with E-state index in [0.717, 1.165) is 37.7 Å². The number of halogens is 1. The minimum absolute atomic E-state index is 0.144. The molecule has 1 aromatic rings. The summed E-state index contributed by atoms with van der Waals surface area (Å²) in [5.41, 5.74) is 0.786. The first-order chi connectivity index (χ1) is 9.58. The summed E-state index contributed by atoms with van der Waals surface area (Å²) in [4.78, 5) is 0. The molecular weight excluding hydrogens is 294 g/mol. The van der Waals surface area contributed by atoms with Crippen molar-refractivity contribution in [3.05, 3.63) is 34.9 Å². The molecule has 0 aromatic heterocycles. The van der Waals surface area contributed by atoms with Crippen LogP contribution in [0, 0.1) is 11.8 Å². The average molecular weight is 312 g/mol. The maximum Gasteiger partial charge on any atom is 0.215 e. The summed E-state index contributed by atoms with van der Waals surface area (Å²) >= 11 is 5.85. The molecule has 0 atom stereocenters. The van der Waals surface area contributed by atoms with E-state index in [4.69, 9.17) is 11.6 Å². The van der Waals surface area contributed by atoms with Gasteiger partial charge in [-0.2, -0.15) is 0 Å². The van der Waals surface area contributed by atoms with Gasteiger partial charge in [-0.1, -0.05) is 48.8 Å². The molecular formula is C15H18ClNO2S. The number of rotatable bonds is 3. The van der Waals surface area contributed by atoms with Gasteiger partial charge in [-0.25, -0.2) is 13.1 Å². The molecule has 0 heterocycles. The van der Waals surface area contributed by atoms with Crippen LogP contribution >= 0.6 is 11.6 Å². The summed E-state index contributed by atoms with van der Waals surface area (Å²) in [5.74, 6) is 5.72. The molecule has 1 aliphatic rings. The fourth-order valence-electron chi connectivity index (χ4n) is 2.34. The van der Waals surface area contributed by atoms with Crippen LogP contribution in [-0.2, 0) is 10.0 Å². The van der Waals surface area contributed by atoms with Crippen molar-refractivity contribution in [2.24, 2.45) is 0 Å². The van der Waals surface area contributed by atoms with Gasteiger partial charge in [0.05, 0.1) is 11.8 Å². The second-order valence-electron chi connectivity index (χ2n) is 4.94. The first-order valence-corrected chi connectivity index (χ1v) is 8.73. The summed E-state index contributed by atoms with van der Waals surface area (Å²) < 4.78 is 26.7. The SMILES string of the molecule is O=S(=O)(NCC#Cc1cccc(Cl)c1)C1CCCCC1. The molecule has 5 heteroatoms. The lowest BCUT2D eigenvalue weighted by molar-refractivity contribution is 0.479. The van der Waals surface area contributed by atoms with Gasteiger partial charge in [0.15, 0.2) is 0 Å². The predicted molar refractivity (Wildman–Crippen MR) is 82.1 cm³/mol. The molecule has 20 heavy (non-hydrogen) atoms. The van der Waals surface area contributed by atoms with E-state index in [1.165, 1.54) is 0 Å². The molecule has 3 nitrogen and oxygen atoms in total. The Bertz CT molecular complexity index is 610. The van der Waals surface area contributed by atoms with Crippen LogP contribution in [0.15, 0.2) is 24.3 Å². The molecule has 0 amide bonds. The van der Waals surface area contributed by atoms with Crippen molar-refractivity contribution >= 4 is 21.6 Å². The number of benzene rings is 1. The third-order valence-electron chi connectivity index (χ3n) is 3.41. The highest BCUT2D eigenvalue weighted by Crippen LogP contribution is 2.22. The smallest absolute Gasteiger partial charge is 0.212 e. The molecule has 108 valence electrons. The van der Waals surface area contributed by atoms with E-state index in [1.54, 1.807) is 12.1 Å². The van der Waals surface area contributed by atoms with E-state index >= 15 is 0 Å². The van der Waals surface area contributed by atoms with E-state index in [-0.39, 0.29) is 11.8 Å². The van der Waals surface area contributed by atoms with Gasteiger partial charge in [-0.3, -0.25) is 0 Å². The zero-order valence-electron chi connectivity index (χ0n) is 11.2. The van der Waals surface area contributed by atoms with Crippen molar-refractivity contribution in [3.63, 3.8) is 0 Å². The molecule has 0 radical (unpaired) electrons. The average Bonchev–Trinajstić information content (AvgIpc) is 2.45. The maximum absolute atomic E-state index is 12.1. The highest BCUT2D eigenvalue weighted by Gasteiger charge is 2.26. The van der Waals surface area contributed by atoms with Crippen molar-refractivity contribution < 1.29 is 8.42 Å². The summed E-state index contributed by atoms with van der Waals surface area (Å²) in [5, 5.41) is 0.379. The predicted octanol–water partition coefficient (Wildman–Crippen LogP) is 2.94. The summed E-state index contributed by atoms with van der Waals surface area (Å²) in [6.45, 7) is 0.144. The van der Waals surface area contributed by atoms with Crippen LogP contribution in [-0.4, -0.2) is 20.2 Å². The molecule has 1 aromatic carbocycles. The minimum Gasteiger partial charge on any atom is -0.212 e. The topological polar surface area (TPSA) is 46.2 Å². The molecule has 0 aliphatic heterocycles. The molecule has 0 bridgehead atoms. The third kappa shape index (κ3) is 4.52. The van der Waals surface area contributed by atoms with Crippen molar-refractivity contribution in [2.45, 2.75) is 37.4 Å².